The van der Waals surface area contributed by atoms with Crippen LogP contribution in [0.5, 0.6) is 0 Å². The number of primary sulfonamides is 1. The van der Waals surface area contributed by atoms with Crippen molar-refractivity contribution in [3.63, 3.8) is 0 Å². The molecule has 0 bridgehead atoms. The van der Waals surface area contributed by atoms with Gasteiger partial charge in [-0.3, -0.25) is 0 Å². The van der Waals surface area contributed by atoms with E-state index < -0.39 is 35.1 Å². The van der Waals surface area contributed by atoms with E-state index in [1.165, 1.54) is 24.3 Å². The molecule has 1 aliphatic heterocycles. The third kappa shape index (κ3) is 3.89. The van der Waals surface area contributed by atoms with Crippen LogP contribution in [0.25, 0.3) is 0 Å². The summed E-state index contributed by atoms with van der Waals surface area (Å²) in [4.78, 5) is -0.281. The molecule has 1 saturated heterocycles. The highest BCUT2D eigenvalue weighted by Crippen LogP contribution is 2.29. The van der Waals surface area contributed by atoms with Gasteiger partial charge in [-0.25, -0.2) is 30.4 Å². The Hall–Kier alpha value is -1.50. The molecule has 0 saturated carbocycles. The zero-order valence-corrected chi connectivity index (χ0v) is 16.9. The third-order valence-corrected chi connectivity index (χ3v) is 9.32. The van der Waals surface area contributed by atoms with E-state index in [9.17, 15) is 25.3 Å². The summed E-state index contributed by atoms with van der Waals surface area (Å²) >= 11 is 5.75. The van der Waals surface area contributed by atoms with Gasteiger partial charge in [0, 0.05) is 18.1 Å². The minimum atomic E-state index is -3.94. The van der Waals surface area contributed by atoms with Crippen LogP contribution in [0, 0.1) is 0 Å². The van der Waals surface area contributed by atoms with Gasteiger partial charge in [0.15, 0.2) is 9.84 Å². The molecular weight excluding hydrogens is 436 g/mol. The van der Waals surface area contributed by atoms with Crippen molar-refractivity contribution in [2.24, 2.45) is 5.14 Å². The summed E-state index contributed by atoms with van der Waals surface area (Å²) in [5, 5.41) is 4.52. The number of sulfone groups is 1. The number of nitrogens with zero attached hydrogens (tertiary/aromatic N) is 1. The smallest absolute Gasteiger partial charge is 0.225 e. The number of halogens is 1. The van der Waals surface area contributed by atoms with Crippen molar-refractivity contribution >= 4 is 41.5 Å². The van der Waals surface area contributed by atoms with Crippen LogP contribution in [0.2, 0.25) is 5.02 Å². The SMILES string of the molecule is NS(=O)(=O)c1ccc(S(=O)(=O)N2CC(S(=O)(=O)c3ccc(Cl)cc3)C2)cc1. The Balaban J connectivity index is 1.77. The first-order chi connectivity index (χ1) is 12.4. The van der Waals surface area contributed by atoms with Gasteiger partial charge in [0.2, 0.25) is 20.0 Å². The van der Waals surface area contributed by atoms with Crippen LogP contribution < -0.4 is 5.14 Å². The Morgan fingerprint density at radius 2 is 1.22 bits per heavy atom. The van der Waals surface area contributed by atoms with E-state index >= 15 is 0 Å². The van der Waals surface area contributed by atoms with E-state index in [1.54, 1.807) is 0 Å². The molecule has 0 aliphatic carbocycles. The van der Waals surface area contributed by atoms with Gasteiger partial charge in [-0.05, 0) is 48.5 Å². The maximum Gasteiger partial charge on any atom is 0.243 e. The highest BCUT2D eigenvalue weighted by atomic mass is 35.5. The molecule has 0 unspecified atom stereocenters. The van der Waals surface area contributed by atoms with Gasteiger partial charge >= 0.3 is 0 Å². The Kier molecular flexibility index (Phi) is 5.12. The quantitative estimate of drug-likeness (QED) is 0.717. The van der Waals surface area contributed by atoms with E-state index in [4.69, 9.17) is 16.7 Å². The molecule has 3 rings (SSSR count). The maximum atomic E-state index is 12.6. The van der Waals surface area contributed by atoms with Crippen LogP contribution in [-0.4, -0.2) is 47.9 Å². The van der Waals surface area contributed by atoms with Crippen molar-refractivity contribution < 1.29 is 25.3 Å². The summed E-state index contributed by atoms with van der Waals surface area (Å²) < 4.78 is 73.7. The molecule has 12 heteroatoms. The summed E-state index contributed by atoms with van der Waals surface area (Å²) in [7, 11) is -11.6. The first-order valence-corrected chi connectivity index (χ1v) is 12.5. The van der Waals surface area contributed by atoms with Crippen LogP contribution in [0.4, 0.5) is 0 Å². The molecule has 2 aromatic carbocycles. The Morgan fingerprint density at radius 1 is 0.778 bits per heavy atom. The first kappa shape index (κ1) is 20.2. The molecule has 0 radical (unpaired) electrons. The molecule has 1 aliphatic rings. The van der Waals surface area contributed by atoms with E-state index in [0.717, 1.165) is 28.6 Å². The third-order valence-electron chi connectivity index (χ3n) is 4.19. The second kappa shape index (κ2) is 6.83. The fourth-order valence-electron chi connectivity index (χ4n) is 2.56. The van der Waals surface area contributed by atoms with Gasteiger partial charge in [-0.2, -0.15) is 4.31 Å². The summed E-state index contributed by atoms with van der Waals surface area (Å²) in [6.07, 6.45) is 0. The molecule has 27 heavy (non-hydrogen) atoms. The molecule has 2 N–H and O–H groups in total. The Morgan fingerprint density at radius 3 is 1.70 bits per heavy atom. The molecule has 0 atom stereocenters. The molecule has 1 fully saturated rings. The van der Waals surface area contributed by atoms with Crippen molar-refractivity contribution in [3.05, 3.63) is 53.6 Å². The lowest BCUT2D eigenvalue weighted by molar-refractivity contribution is 0.309. The molecule has 0 spiro atoms. The summed E-state index contributed by atoms with van der Waals surface area (Å²) in [6, 6.07) is 10.1. The largest absolute Gasteiger partial charge is 0.243 e. The van der Waals surface area contributed by atoms with E-state index in [2.05, 4.69) is 0 Å². The van der Waals surface area contributed by atoms with Gasteiger partial charge in [0.1, 0.15) is 0 Å². The van der Waals surface area contributed by atoms with Crippen molar-refractivity contribution in [2.75, 3.05) is 13.1 Å². The Labute approximate surface area is 162 Å². The minimum Gasteiger partial charge on any atom is -0.225 e. The number of nitrogens with two attached hydrogens (primary N) is 1. The normalized spacial score (nSPS) is 16.8. The van der Waals surface area contributed by atoms with Crippen LogP contribution in [-0.2, 0) is 29.9 Å². The van der Waals surface area contributed by atoms with E-state index in [-0.39, 0.29) is 27.8 Å². The number of benzene rings is 2. The van der Waals surface area contributed by atoms with Crippen molar-refractivity contribution in [2.45, 2.75) is 19.9 Å². The summed E-state index contributed by atoms with van der Waals surface area (Å²) in [5.41, 5.74) is 0. The molecular formula is C15H15ClN2O6S3. The molecule has 1 heterocycles. The van der Waals surface area contributed by atoms with Crippen LogP contribution in [0.3, 0.4) is 0 Å². The number of hydrogen-bond donors (Lipinski definition) is 1. The second-order valence-corrected chi connectivity index (χ2v) is 12.1. The van der Waals surface area contributed by atoms with E-state index in [1.807, 2.05) is 0 Å². The van der Waals surface area contributed by atoms with Crippen LogP contribution in [0.1, 0.15) is 0 Å². The fourth-order valence-corrected chi connectivity index (χ4v) is 6.57. The average Bonchev–Trinajstić information content (AvgIpc) is 2.52. The monoisotopic (exact) mass is 450 g/mol. The lowest BCUT2D eigenvalue weighted by Crippen LogP contribution is -2.56. The summed E-state index contributed by atoms with van der Waals surface area (Å²) in [6.45, 7) is -0.380. The van der Waals surface area contributed by atoms with Gasteiger partial charge in [-0.15, -0.1) is 0 Å². The van der Waals surface area contributed by atoms with Crippen LogP contribution >= 0.6 is 11.6 Å². The lowest BCUT2D eigenvalue weighted by Gasteiger charge is -2.37. The summed E-state index contributed by atoms with van der Waals surface area (Å²) in [5.74, 6) is 0. The fraction of sp³-hybridized carbons (Fsp3) is 0.200. The topological polar surface area (TPSA) is 132 Å². The van der Waals surface area contributed by atoms with Crippen LogP contribution in [0.15, 0.2) is 63.2 Å². The van der Waals surface area contributed by atoms with Gasteiger partial charge in [-0.1, -0.05) is 11.6 Å². The van der Waals surface area contributed by atoms with Gasteiger partial charge in [0.25, 0.3) is 0 Å². The van der Waals surface area contributed by atoms with Crippen molar-refractivity contribution in [3.8, 4) is 0 Å². The molecule has 8 nitrogen and oxygen atoms in total. The standard InChI is InChI=1S/C15H15ClN2O6S3/c16-11-1-3-12(4-2-11)25(19,20)15-9-18(10-15)27(23,24)14-7-5-13(6-8-14)26(17,21)22/h1-8,15H,9-10H2,(H2,17,21,22). The number of rotatable bonds is 5. The first-order valence-electron chi connectivity index (χ1n) is 7.55. The van der Waals surface area contributed by atoms with Gasteiger partial charge < -0.3 is 0 Å². The molecule has 0 amide bonds. The molecule has 146 valence electrons. The molecule has 2 aromatic rings. The lowest BCUT2D eigenvalue weighted by atomic mass is 10.3. The van der Waals surface area contributed by atoms with Crippen molar-refractivity contribution in [1.82, 2.24) is 4.31 Å². The predicted molar refractivity (Wildman–Crippen MR) is 99.0 cm³/mol. The Bertz CT molecular complexity index is 1170. The zero-order valence-electron chi connectivity index (χ0n) is 13.7. The molecule has 0 aromatic heterocycles. The predicted octanol–water partition coefficient (Wildman–Crippen LogP) is 0.834. The van der Waals surface area contributed by atoms with E-state index in [0.29, 0.717) is 5.02 Å². The zero-order chi connectivity index (χ0) is 20.0. The second-order valence-electron chi connectivity index (χ2n) is 5.96. The number of sulfonamides is 2. The highest BCUT2D eigenvalue weighted by molar-refractivity contribution is 7.92. The highest BCUT2D eigenvalue weighted by Gasteiger charge is 2.44. The minimum absolute atomic E-state index is 0.0754. The number of hydrogen-bond acceptors (Lipinski definition) is 6. The maximum absolute atomic E-state index is 12.6. The van der Waals surface area contributed by atoms with Gasteiger partial charge in [0.05, 0.1) is 19.9 Å². The van der Waals surface area contributed by atoms with Crippen molar-refractivity contribution in [1.29, 1.82) is 0 Å². The average molecular weight is 451 g/mol.